The maximum absolute atomic E-state index is 11.6. The molecule has 3 rings (SSSR count). The summed E-state index contributed by atoms with van der Waals surface area (Å²) in [6, 6.07) is 11.0. The molecule has 0 atom stereocenters. The molecule has 0 radical (unpaired) electrons. The number of fused-ring (bicyclic) bond motifs is 1. The van der Waals surface area contributed by atoms with Crippen molar-refractivity contribution in [3.63, 3.8) is 0 Å². The van der Waals surface area contributed by atoms with E-state index < -0.39 is 11.9 Å². The van der Waals surface area contributed by atoms with Crippen LogP contribution in [0, 0.1) is 0 Å². The average Bonchev–Trinajstić information content (AvgIpc) is 3.00. The first kappa shape index (κ1) is 14.6. The van der Waals surface area contributed by atoms with Gasteiger partial charge in [0.2, 0.25) is 6.79 Å². The van der Waals surface area contributed by atoms with Gasteiger partial charge >= 0.3 is 11.9 Å². The van der Waals surface area contributed by atoms with Crippen LogP contribution >= 0.6 is 0 Å². The van der Waals surface area contributed by atoms with Crippen molar-refractivity contribution in [3.8, 4) is 11.5 Å². The third-order valence-electron chi connectivity index (χ3n) is 3.39. The van der Waals surface area contributed by atoms with Gasteiger partial charge < -0.3 is 19.7 Å². The van der Waals surface area contributed by atoms with Crippen molar-refractivity contribution in [1.29, 1.82) is 0 Å². The second-order valence-corrected chi connectivity index (χ2v) is 4.83. The van der Waals surface area contributed by atoms with Crippen molar-refractivity contribution < 1.29 is 29.3 Å². The molecule has 2 aromatic rings. The van der Waals surface area contributed by atoms with E-state index in [1.807, 2.05) is 0 Å². The first-order valence-corrected chi connectivity index (χ1v) is 6.73. The molecule has 0 fully saturated rings. The van der Waals surface area contributed by atoms with Crippen LogP contribution in [0.4, 0.5) is 0 Å². The molecule has 2 aromatic carbocycles. The van der Waals surface area contributed by atoms with Crippen LogP contribution in [-0.4, -0.2) is 28.9 Å². The maximum Gasteiger partial charge on any atom is 0.336 e. The van der Waals surface area contributed by atoms with E-state index in [2.05, 4.69) is 0 Å². The Morgan fingerprint density at radius 3 is 2.35 bits per heavy atom. The Morgan fingerprint density at radius 1 is 0.957 bits per heavy atom. The molecule has 116 valence electrons. The van der Waals surface area contributed by atoms with Gasteiger partial charge in [-0.3, -0.25) is 0 Å². The normalized spacial score (nSPS) is 13.0. The summed E-state index contributed by atoms with van der Waals surface area (Å²) in [7, 11) is 0. The number of hydrogen-bond donors (Lipinski definition) is 2. The minimum atomic E-state index is -1.21. The number of ether oxygens (including phenoxy) is 2. The Hall–Kier alpha value is -3.28. The van der Waals surface area contributed by atoms with Crippen LogP contribution in [0.2, 0.25) is 0 Å². The lowest BCUT2D eigenvalue weighted by atomic mass is 9.97. The van der Waals surface area contributed by atoms with Gasteiger partial charge in [0.15, 0.2) is 11.5 Å². The van der Waals surface area contributed by atoms with E-state index in [1.165, 1.54) is 18.2 Å². The molecule has 0 unspecified atom stereocenters. The monoisotopic (exact) mass is 312 g/mol. The smallest absolute Gasteiger partial charge is 0.336 e. The van der Waals surface area contributed by atoms with Gasteiger partial charge in [0.1, 0.15) is 0 Å². The fraction of sp³-hybridized carbons (Fsp3) is 0.0588. The highest BCUT2D eigenvalue weighted by Gasteiger charge is 2.19. The third-order valence-corrected chi connectivity index (χ3v) is 3.39. The lowest BCUT2D eigenvalue weighted by Gasteiger charge is -2.07. The number of rotatable bonds is 4. The van der Waals surface area contributed by atoms with Gasteiger partial charge in [-0.25, -0.2) is 9.59 Å². The molecule has 23 heavy (non-hydrogen) atoms. The average molecular weight is 312 g/mol. The van der Waals surface area contributed by atoms with Crippen LogP contribution in [0.25, 0.3) is 11.6 Å². The number of carboxylic acids is 2. The van der Waals surface area contributed by atoms with Crippen molar-refractivity contribution in [3.05, 3.63) is 59.2 Å². The Labute approximate surface area is 131 Å². The fourth-order valence-corrected chi connectivity index (χ4v) is 2.33. The van der Waals surface area contributed by atoms with Crippen LogP contribution in [0.1, 0.15) is 21.5 Å². The largest absolute Gasteiger partial charge is 0.478 e. The first-order chi connectivity index (χ1) is 11.1. The highest BCUT2D eigenvalue weighted by Crippen LogP contribution is 2.34. The van der Waals surface area contributed by atoms with Crippen molar-refractivity contribution in [2.75, 3.05) is 6.79 Å². The molecule has 0 bridgehead atoms. The van der Waals surface area contributed by atoms with E-state index in [9.17, 15) is 19.8 Å². The number of aliphatic carboxylic acids is 1. The number of carboxylic acid groups (broad SMARTS) is 2. The quantitative estimate of drug-likeness (QED) is 0.666. The van der Waals surface area contributed by atoms with Gasteiger partial charge in [0.05, 0.1) is 11.1 Å². The van der Waals surface area contributed by atoms with Crippen LogP contribution in [0.3, 0.4) is 0 Å². The molecule has 0 aromatic heterocycles. The highest BCUT2D eigenvalue weighted by molar-refractivity contribution is 6.22. The summed E-state index contributed by atoms with van der Waals surface area (Å²) in [5.41, 5.74) is 0.542. The molecule has 1 aliphatic heterocycles. The molecule has 0 aliphatic carbocycles. The van der Waals surface area contributed by atoms with E-state index in [4.69, 9.17) is 9.47 Å². The zero-order valence-corrected chi connectivity index (χ0v) is 11.9. The van der Waals surface area contributed by atoms with Crippen molar-refractivity contribution >= 4 is 23.6 Å². The van der Waals surface area contributed by atoms with E-state index in [0.29, 0.717) is 17.1 Å². The second-order valence-electron chi connectivity index (χ2n) is 4.83. The molecule has 1 aliphatic rings. The summed E-state index contributed by atoms with van der Waals surface area (Å²) in [5, 5.41) is 18.7. The molecule has 0 saturated carbocycles. The van der Waals surface area contributed by atoms with Crippen LogP contribution < -0.4 is 9.47 Å². The Bertz CT molecular complexity index is 822. The molecule has 0 spiro atoms. The van der Waals surface area contributed by atoms with Crippen molar-refractivity contribution in [1.82, 2.24) is 0 Å². The standard InChI is InChI=1S/C17H12O6/c18-16(19)12-4-2-1-3-11(12)13(17(20)21)7-10-5-6-14-15(8-10)23-9-22-14/h1-8H,9H2,(H,18,19)(H,20,21)/b13-7-. The zero-order valence-electron chi connectivity index (χ0n) is 11.9. The Morgan fingerprint density at radius 2 is 1.65 bits per heavy atom. The summed E-state index contributed by atoms with van der Waals surface area (Å²) < 4.78 is 10.5. The number of carbonyl (C=O) groups is 2. The molecule has 0 amide bonds. The molecule has 2 N–H and O–H groups in total. The van der Waals surface area contributed by atoms with Crippen LogP contribution in [0.15, 0.2) is 42.5 Å². The summed E-state index contributed by atoms with van der Waals surface area (Å²) in [4.78, 5) is 22.9. The molecule has 0 saturated heterocycles. The van der Waals surface area contributed by atoms with Gasteiger partial charge in [0.25, 0.3) is 0 Å². The van der Waals surface area contributed by atoms with Crippen molar-refractivity contribution in [2.45, 2.75) is 0 Å². The molecule has 1 heterocycles. The highest BCUT2D eigenvalue weighted by atomic mass is 16.7. The molecular weight excluding hydrogens is 300 g/mol. The molecular formula is C17H12O6. The maximum atomic E-state index is 11.6. The summed E-state index contributed by atoms with van der Waals surface area (Å²) >= 11 is 0. The van der Waals surface area contributed by atoms with E-state index in [0.717, 1.165) is 0 Å². The zero-order chi connectivity index (χ0) is 16.4. The van der Waals surface area contributed by atoms with Crippen molar-refractivity contribution in [2.24, 2.45) is 0 Å². The summed E-state index contributed by atoms with van der Waals surface area (Å²) in [6.07, 6.45) is 1.41. The first-order valence-electron chi connectivity index (χ1n) is 6.73. The Balaban J connectivity index is 2.09. The number of aromatic carboxylic acids is 1. The van der Waals surface area contributed by atoms with Gasteiger partial charge in [-0.1, -0.05) is 24.3 Å². The van der Waals surface area contributed by atoms with E-state index in [-0.39, 0.29) is 23.5 Å². The van der Waals surface area contributed by atoms with Gasteiger partial charge in [-0.15, -0.1) is 0 Å². The fourth-order valence-electron chi connectivity index (χ4n) is 2.33. The number of hydrogen-bond acceptors (Lipinski definition) is 4. The lowest BCUT2D eigenvalue weighted by molar-refractivity contribution is -0.130. The molecule has 6 heteroatoms. The predicted molar refractivity (Wildman–Crippen MR) is 81.5 cm³/mol. The predicted octanol–water partition coefficient (Wildman–Crippen LogP) is 2.74. The minimum Gasteiger partial charge on any atom is -0.478 e. The van der Waals surface area contributed by atoms with Crippen LogP contribution in [0.5, 0.6) is 11.5 Å². The second kappa shape index (κ2) is 5.84. The van der Waals surface area contributed by atoms with Gasteiger partial charge in [-0.2, -0.15) is 0 Å². The van der Waals surface area contributed by atoms with Gasteiger partial charge in [-0.05, 0) is 29.8 Å². The lowest BCUT2D eigenvalue weighted by Crippen LogP contribution is -2.07. The van der Waals surface area contributed by atoms with Gasteiger partial charge in [0, 0.05) is 5.56 Å². The SMILES string of the molecule is O=C(O)/C(=C\c1ccc2c(c1)OCO2)c1ccccc1C(=O)O. The molecule has 6 nitrogen and oxygen atoms in total. The van der Waals surface area contributed by atoms with E-state index in [1.54, 1.807) is 30.3 Å². The summed E-state index contributed by atoms with van der Waals surface area (Å²) in [5.74, 6) is -1.28. The minimum absolute atomic E-state index is 0.0677. The third kappa shape index (κ3) is 2.87. The topological polar surface area (TPSA) is 93.1 Å². The van der Waals surface area contributed by atoms with Crippen LogP contribution in [-0.2, 0) is 4.79 Å². The number of benzene rings is 2. The summed E-state index contributed by atoms with van der Waals surface area (Å²) in [6.45, 7) is 0.121. The Kier molecular flexibility index (Phi) is 3.72. The van der Waals surface area contributed by atoms with E-state index >= 15 is 0 Å².